The molecule has 2 aliphatic rings. The topological polar surface area (TPSA) is 28.4 Å². The van der Waals surface area contributed by atoms with Gasteiger partial charge in [-0.15, -0.1) is 0 Å². The second-order valence-corrected chi connectivity index (χ2v) is 13.8. The maximum absolute atomic E-state index is 10.7. The number of anilines is 1. The molecule has 256 valence electrons. The lowest BCUT2D eigenvalue weighted by molar-refractivity contribution is 0.390. The highest BCUT2D eigenvalue weighted by Crippen LogP contribution is 2.40. The van der Waals surface area contributed by atoms with Gasteiger partial charge >= 0.3 is 0 Å². The Morgan fingerprint density at radius 3 is 2.26 bits per heavy atom. The van der Waals surface area contributed by atoms with E-state index in [9.17, 15) is 5.11 Å². The molecule has 0 spiro atoms. The van der Waals surface area contributed by atoms with Gasteiger partial charge in [-0.3, -0.25) is 0 Å². The molecule has 3 nitrogen and oxygen atoms in total. The van der Waals surface area contributed by atoms with Crippen molar-refractivity contribution < 1.29 is 5.11 Å². The molecule has 3 heteroatoms. The minimum atomic E-state index is 0.338. The predicted octanol–water partition coefficient (Wildman–Crippen LogP) is 13.0. The molecule has 53 heavy (non-hydrogen) atoms. The third kappa shape index (κ3) is 6.00. The monoisotopic (exact) mass is 684 g/mol. The SMILES string of the molecule is C=C/C=C(\C=C/N(C1=CCC(c2ccccc2)C=C1)c1cc2ccccc2c2ccccc12)c1ccc2c(c1)c1c(n2-c2ccccc2)CCC(O)=C1. The molecule has 2 aliphatic carbocycles. The van der Waals surface area contributed by atoms with Gasteiger partial charge in [0.1, 0.15) is 0 Å². The largest absolute Gasteiger partial charge is 0.512 e. The van der Waals surface area contributed by atoms with Crippen LogP contribution in [0.1, 0.15) is 41.1 Å². The lowest BCUT2D eigenvalue weighted by Crippen LogP contribution is -2.17. The normalized spacial score (nSPS) is 15.8. The molecule has 1 N–H and O–H groups in total. The smallest absolute Gasteiger partial charge is 0.0933 e. The van der Waals surface area contributed by atoms with Crippen LogP contribution in [0, 0.1) is 0 Å². The number of para-hydroxylation sites is 1. The van der Waals surface area contributed by atoms with Crippen LogP contribution < -0.4 is 4.90 Å². The summed E-state index contributed by atoms with van der Waals surface area (Å²) < 4.78 is 2.35. The summed E-state index contributed by atoms with van der Waals surface area (Å²) in [4.78, 5) is 2.34. The molecule has 0 fully saturated rings. The van der Waals surface area contributed by atoms with E-state index in [4.69, 9.17) is 0 Å². The Hall–Kier alpha value is -6.58. The number of aliphatic hydroxyl groups excluding tert-OH is 1. The van der Waals surface area contributed by atoms with E-state index in [0.29, 0.717) is 18.1 Å². The number of nitrogens with zero attached hydrogens (tertiary/aromatic N) is 2. The number of aromatic nitrogens is 1. The molecular formula is C50H40N2O. The molecule has 1 atom stereocenters. The second-order valence-electron chi connectivity index (χ2n) is 13.8. The quantitative estimate of drug-likeness (QED) is 0.127. The molecule has 0 amide bonds. The van der Waals surface area contributed by atoms with Crippen LogP contribution >= 0.6 is 0 Å². The molecule has 1 heterocycles. The minimum absolute atomic E-state index is 0.338. The van der Waals surface area contributed by atoms with Crippen LogP contribution in [0.3, 0.4) is 0 Å². The Bertz CT molecular complexity index is 2670. The highest BCUT2D eigenvalue weighted by Gasteiger charge is 2.22. The van der Waals surface area contributed by atoms with Crippen LogP contribution in [-0.4, -0.2) is 9.67 Å². The number of fused-ring (bicyclic) bond motifs is 6. The number of aliphatic hydroxyl groups is 1. The Balaban J connectivity index is 1.17. The van der Waals surface area contributed by atoms with E-state index in [-0.39, 0.29) is 0 Å². The molecule has 0 radical (unpaired) electrons. The van der Waals surface area contributed by atoms with E-state index in [1.165, 1.54) is 32.8 Å². The van der Waals surface area contributed by atoms with Gasteiger partial charge in [0, 0.05) is 52.0 Å². The van der Waals surface area contributed by atoms with Crippen molar-refractivity contribution in [1.29, 1.82) is 0 Å². The van der Waals surface area contributed by atoms with Crippen molar-refractivity contribution >= 4 is 49.8 Å². The van der Waals surface area contributed by atoms with Crippen LogP contribution in [0.5, 0.6) is 0 Å². The van der Waals surface area contributed by atoms with Crippen LogP contribution in [0.4, 0.5) is 5.69 Å². The highest BCUT2D eigenvalue weighted by molar-refractivity contribution is 6.13. The zero-order valence-corrected chi connectivity index (χ0v) is 29.6. The lowest BCUT2D eigenvalue weighted by atomic mass is 9.91. The van der Waals surface area contributed by atoms with Crippen molar-refractivity contribution in [2.75, 3.05) is 4.90 Å². The van der Waals surface area contributed by atoms with E-state index < -0.39 is 0 Å². The first-order valence-electron chi connectivity index (χ1n) is 18.4. The van der Waals surface area contributed by atoms with E-state index in [2.05, 4.69) is 186 Å². The fourth-order valence-electron chi connectivity index (χ4n) is 8.12. The Kier molecular flexibility index (Phi) is 8.45. The summed E-state index contributed by atoms with van der Waals surface area (Å²) in [5.74, 6) is 0.767. The van der Waals surface area contributed by atoms with Crippen molar-refractivity contribution in [2.24, 2.45) is 0 Å². The molecule has 0 aliphatic heterocycles. The summed E-state index contributed by atoms with van der Waals surface area (Å²) in [5, 5.41) is 16.7. The van der Waals surface area contributed by atoms with E-state index >= 15 is 0 Å². The van der Waals surface area contributed by atoms with E-state index in [0.717, 1.165) is 57.5 Å². The Morgan fingerprint density at radius 1 is 0.755 bits per heavy atom. The number of benzene rings is 6. The summed E-state index contributed by atoms with van der Waals surface area (Å²) >= 11 is 0. The average molecular weight is 685 g/mol. The van der Waals surface area contributed by atoms with Crippen molar-refractivity contribution in [3.63, 3.8) is 0 Å². The zero-order chi connectivity index (χ0) is 35.7. The van der Waals surface area contributed by atoms with Gasteiger partial charge in [-0.25, -0.2) is 0 Å². The minimum Gasteiger partial charge on any atom is -0.512 e. The van der Waals surface area contributed by atoms with E-state index in [1.807, 2.05) is 12.2 Å². The first-order chi connectivity index (χ1) is 26.2. The molecule has 9 rings (SSSR count). The van der Waals surface area contributed by atoms with Gasteiger partial charge in [-0.2, -0.15) is 0 Å². The molecule has 7 aromatic rings. The molecular weight excluding hydrogens is 645 g/mol. The fraction of sp³-hybridized carbons (Fsp3) is 0.0800. The zero-order valence-electron chi connectivity index (χ0n) is 29.6. The van der Waals surface area contributed by atoms with Crippen LogP contribution in [0.25, 0.3) is 49.8 Å². The van der Waals surface area contributed by atoms with Gasteiger partial charge in [0.05, 0.1) is 17.0 Å². The Morgan fingerprint density at radius 2 is 1.49 bits per heavy atom. The number of hydrogen-bond acceptors (Lipinski definition) is 2. The first kappa shape index (κ1) is 32.3. The number of hydrogen-bond donors (Lipinski definition) is 1. The number of allylic oxidation sites excluding steroid dienone is 8. The predicted molar refractivity (Wildman–Crippen MR) is 224 cm³/mol. The highest BCUT2D eigenvalue weighted by atomic mass is 16.3. The van der Waals surface area contributed by atoms with Gasteiger partial charge in [0.25, 0.3) is 0 Å². The summed E-state index contributed by atoms with van der Waals surface area (Å²) in [7, 11) is 0. The van der Waals surface area contributed by atoms with Gasteiger partial charge in [-0.05, 0) is 94.3 Å². The van der Waals surface area contributed by atoms with Gasteiger partial charge < -0.3 is 14.6 Å². The van der Waals surface area contributed by atoms with Crippen LogP contribution in [0.2, 0.25) is 0 Å². The fourth-order valence-corrected chi connectivity index (χ4v) is 8.12. The third-order valence-electron chi connectivity index (χ3n) is 10.7. The maximum Gasteiger partial charge on any atom is 0.0933 e. The molecule has 0 saturated heterocycles. The van der Waals surface area contributed by atoms with Gasteiger partial charge in [0.15, 0.2) is 0 Å². The Labute approximate surface area is 310 Å². The van der Waals surface area contributed by atoms with Crippen molar-refractivity contribution in [1.82, 2.24) is 4.57 Å². The van der Waals surface area contributed by atoms with Gasteiger partial charge in [0.2, 0.25) is 0 Å². The standard InChI is InChI=1S/C50H40N2O/c1-2-13-35(38-24-28-48-46(32-38)47-34-42(53)27-29-49(47)52(48)41-17-7-4-8-18-41)30-31-51(40-25-22-37(23-26-40)36-14-5-3-6-15-36)50-33-39-16-9-10-19-43(39)44-20-11-12-21-45(44)50/h2-22,24-26,28,30-34,37,53H,1,23,27,29H2/b31-30-,35-13+. The summed E-state index contributed by atoms with van der Waals surface area (Å²) in [6.07, 6.45) is 19.6. The maximum atomic E-state index is 10.7. The van der Waals surface area contributed by atoms with Crippen LogP contribution in [-0.2, 0) is 6.42 Å². The van der Waals surface area contributed by atoms with Crippen molar-refractivity contribution in [2.45, 2.75) is 25.2 Å². The first-order valence-corrected chi connectivity index (χ1v) is 18.4. The third-order valence-corrected chi connectivity index (χ3v) is 10.7. The van der Waals surface area contributed by atoms with Crippen molar-refractivity contribution in [3.8, 4) is 5.69 Å². The van der Waals surface area contributed by atoms with Crippen LogP contribution in [0.15, 0.2) is 194 Å². The second kappa shape index (κ2) is 13.9. The summed E-state index contributed by atoms with van der Waals surface area (Å²) in [6.45, 7) is 4.11. The summed E-state index contributed by atoms with van der Waals surface area (Å²) in [6, 6.07) is 47.6. The number of rotatable bonds is 8. The average Bonchev–Trinajstić information content (AvgIpc) is 3.54. The van der Waals surface area contributed by atoms with Gasteiger partial charge in [-0.1, -0.05) is 134 Å². The lowest BCUT2D eigenvalue weighted by Gasteiger charge is -2.28. The molecule has 0 bridgehead atoms. The molecule has 1 aromatic heterocycles. The van der Waals surface area contributed by atoms with E-state index in [1.54, 1.807) is 0 Å². The molecule has 0 saturated carbocycles. The summed E-state index contributed by atoms with van der Waals surface area (Å²) in [5.41, 5.74) is 10.3. The molecule has 1 unspecified atom stereocenters. The van der Waals surface area contributed by atoms with Crippen molar-refractivity contribution in [3.05, 3.63) is 217 Å². The molecule has 6 aromatic carbocycles.